The summed E-state index contributed by atoms with van der Waals surface area (Å²) in [6.07, 6.45) is 3.44. The maximum Gasteiger partial charge on any atom is 0.308 e. The van der Waals surface area contributed by atoms with Gasteiger partial charge in [0.2, 0.25) is 6.41 Å². The molecule has 19 heavy (non-hydrogen) atoms. The first-order chi connectivity index (χ1) is 9.02. The summed E-state index contributed by atoms with van der Waals surface area (Å²) in [5, 5.41) is 2.34. The predicted molar refractivity (Wildman–Crippen MR) is 67.3 cm³/mol. The Labute approximate surface area is 110 Å². The number of carbonyl (C=O) groups excluding carboxylic acids is 3. The molecule has 1 N–H and O–H groups in total. The summed E-state index contributed by atoms with van der Waals surface area (Å²) in [7, 11) is 0. The molecule has 0 aliphatic rings. The Hall–Kier alpha value is -2.63. The summed E-state index contributed by atoms with van der Waals surface area (Å²) in [5.74, 6) is -0.475. The fourth-order valence-corrected chi connectivity index (χ4v) is 1.30. The maximum absolute atomic E-state index is 11.0. The molecule has 0 bridgehead atoms. The fourth-order valence-electron chi connectivity index (χ4n) is 1.30. The van der Waals surface area contributed by atoms with Crippen LogP contribution < -0.4 is 14.8 Å². The second-order valence-corrected chi connectivity index (χ2v) is 3.50. The van der Waals surface area contributed by atoms with Crippen molar-refractivity contribution < 1.29 is 23.9 Å². The van der Waals surface area contributed by atoms with E-state index in [1.807, 2.05) is 0 Å². The topological polar surface area (TPSA) is 81.7 Å². The predicted octanol–water partition coefficient (Wildman–Crippen LogP) is 1.25. The lowest BCUT2D eigenvalue weighted by atomic mass is 10.2. The molecule has 0 aliphatic heterocycles. The highest BCUT2D eigenvalue weighted by molar-refractivity contribution is 5.74. The highest BCUT2D eigenvalue weighted by atomic mass is 16.5. The number of hydrogen-bond acceptors (Lipinski definition) is 5. The molecule has 0 aliphatic carbocycles. The van der Waals surface area contributed by atoms with Gasteiger partial charge in [-0.2, -0.15) is 0 Å². The zero-order valence-electron chi connectivity index (χ0n) is 10.5. The van der Waals surface area contributed by atoms with E-state index in [0.29, 0.717) is 12.0 Å². The smallest absolute Gasteiger partial charge is 0.308 e. The molecule has 6 nitrogen and oxygen atoms in total. The molecule has 1 aromatic carbocycles. The monoisotopic (exact) mass is 263 g/mol. The number of benzene rings is 1. The van der Waals surface area contributed by atoms with Crippen LogP contribution in [0.15, 0.2) is 24.4 Å². The summed E-state index contributed by atoms with van der Waals surface area (Å²) >= 11 is 0. The summed E-state index contributed by atoms with van der Waals surface area (Å²) < 4.78 is 9.89. The van der Waals surface area contributed by atoms with Gasteiger partial charge >= 0.3 is 11.9 Å². The molecule has 100 valence electrons. The number of esters is 2. The minimum Gasteiger partial charge on any atom is -0.427 e. The lowest BCUT2D eigenvalue weighted by Crippen LogP contribution is -2.05. The van der Waals surface area contributed by atoms with Crippen LogP contribution in [-0.2, 0) is 14.4 Å². The number of rotatable bonds is 5. The van der Waals surface area contributed by atoms with Gasteiger partial charge in [-0.25, -0.2) is 0 Å². The average Bonchev–Trinajstić information content (AvgIpc) is 2.30. The van der Waals surface area contributed by atoms with Crippen molar-refractivity contribution in [3.8, 4) is 11.5 Å². The molecular formula is C13H13NO5. The van der Waals surface area contributed by atoms with E-state index >= 15 is 0 Å². The summed E-state index contributed by atoms with van der Waals surface area (Å²) in [4.78, 5) is 32.0. The van der Waals surface area contributed by atoms with Crippen LogP contribution in [0.5, 0.6) is 11.5 Å². The van der Waals surface area contributed by atoms with Gasteiger partial charge in [0.1, 0.15) is 11.5 Å². The molecule has 0 spiro atoms. The number of carbonyl (C=O) groups is 3. The van der Waals surface area contributed by atoms with E-state index in [0.717, 1.165) is 0 Å². The van der Waals surface area contributed by atoms with Crippen molar-refractivity contribution in [1.29, 1.82) is 0 Å². The first kappa shape index (κ1) is 14.4. The Balaban J connectivity index is 3.04. The lowest BCUT2D eigenvalue weighted by Gasteiger charge is -2.08. The van der Waals surface area contributed by atoms with Crippen molar-refractivity contribution in [2.45, 2.75) is 13.8 Å². The van der Waals surface area contributed by atoms with Crippen molar-refractivity contribution in [2.75, 3.05) is 0 Å². The van der Waals surface area contributed by atoms with E-state index in [2.05, 4.69) is 5.32 Å². The van der Waals surface area contributed by atoms with Gasteiger partial charge in [-0.15, -0.1) is 0 Å². The molecule has 0 fully saturated rings. The van der Waals surface area contributed by atoms with Crippen molar-refractivity contribution in [3.05, 3.63) is 30.0 Å². The van der Waals surface area contributed by atoms with Crippen molar-refractivity contribution in [2.24, 2.45) is 0 Å². The van der Waals surface area contributed by atoms with Crippen LogP contribution in [0.25, 0.3) is 6.08 Å². The lowest BCUT2D eigenvalue weighted by molar-refractivity contribution is -0.132. The maximum atomic E-state index is 11.0. The Morgan fingerprint density at radius 3 is 2.42 bits per heavy atom. The van der Waals surface area contributed by atoms with Gasteiger partial charge in [0.25, 0.3) is 0 Å². The molecule has 0 aromatic heterocycles. The Morgan fingerprint density at radius 1 is 1.16 bits per heavy atom. The summed E-state index contributed by atoms with van der Waals surface area (Å²) in [5.41, 5.74) is 0.556. The third-order valence-electron chi connectivity index (χ3n) is 1.93. The third kappa shape index (κ3) is 5.03. The van der Waals surface area contributed by atoms with Crippen LogP contribution in [0.2, 0.25) is 0 Å². The molecule has 0 unspecified atom stereocenters. The van der Waals surface area contributed by atoms with E-state index in [-0.39, 0.29) is 11.5 Å². The standard InChI is InChI=1S/C13H13NO5/c1-9(16)18-12-4-3-11(5-6-14-8-15)13(7-12)19-10(2)17/h3-8H,1-2H3,(H,14,15)/b6-5+. The minimum absolute atomic E-state index is 0.232. The number of amides is 1. The van der Waals surface area contributed by atoms with Gasteiger partial charge in [0, 0.05) is 31.7 Å². The zero-order valence-corrected chi connectivity index (χ0v) is 10.5. The van der Waals surface area contributed by atoms with Crippen molar-refractivity contribution in [3.63, 3.8) is 0 Å². The highest BCUT2D eigenvalue weighted by Crippen LogP contribution is 2.26. The molecule has 0 radical (unpaired) electrons. The largest absolute Gasteiger partial charge is 0.427 e. The second-order valence-electron chi connectivity index (χ2n) is 3.50. The number of nitrogens with one attached hydrogen (secondary N) is 1. The molecule has 0 saturated heterocycles. The number of hydrogen-bond donors (Lipinski definition) is 1. The van der Waals surface area contributed by atoms with Crippen LogP contribution in [0.3, 0.4) is 0 Å². The van der Waals surface area contributed by atoms with Crippen LogP contribution in [0, 0.1) is 0 Å². The average molecular weight is 263 g/mol. The van der Waals surface area contributed by atoms with Gasteiger partial charge in [-0.3, -0.25) is 14.4 Å². The Morgan fingerprint density at radius 2 is 1.84 bits per heavy atom. The quantitative estimate of drug-likeness (QED) is 0.491. The molecule has 0 atom stereocenters. The zero-order chi connectivity index (χ0) is 14.3. The van der Waals surface area contributed by atoms with Crippen LogP contribution in [-0.4, -0.2) is 18.3 Å². The van der Waals surface area contributed by atoms with Gasteiger partial charge in [-0.1, -0.05) is 0 Å². The van der Waals surface area contributed by atoms with E-state index in [1.54, 1.807) is 18.2 Å². The van der Waals surface area contributed by atoms with Gasteiger partial charge < -0.3 is 14.8 Å². The molecular weight excluding hydrogens is 250 g/mol. The van der Waals surface area contributed by atoms with E-state index < -0.39 is 11.9 Å². The molecule has 0 heterocycles. The highest BCUT2D eigenvalue weighted by Gasteiger charge is 2.07. The summed E-state index contributed by atoms with van der Waals surface area (Å²) in [6, 6.07) is 4.57. The second kappa shape index (κ2) is 6.95. The molecule has 1 rings (SSSR count). The van der Waals surface area contributed by atoms with Gasteiger partial charge in [-0.05, 0) is 18.2 Å². The first-order valence-corrected chi connectivity index (χ1v) is 5.40. The van der Waals surface area contributed by atoms with E-state index in [9.17, 15) is 14.4 Å². The minimum atomic E-state index is -0.502. The summed E-state index contributed by atoms with van der Waals surface area (Å²) in [6.45, 7) is 2.53. The Bertz CT molecular complexity index is 522. The Kier molecular flexibility index (Phi) is 5.28. The molecule has 1 amide bonds. The molecule has 0 saturated carbocycles. The fraction of sp³-hybridized carbons (Fsp3) is 0.154. The number of ether oxygens (including phenoxy) is 2. The van der Waals surface area contributed by atoms with E-state index in [4.69, 9.17) is 9.47 Å². The van der Waals surface area contributed by atoms with Gasteiger partial charge in [0.05, 0.1) is 0 Å². The normalized spacial score (nSPS) is 10.0. The SMILES string of the molecule is CC(=O)Oc1ccc(/C=C/NC=O)c(OC(C)=O)c1. The van der Waals surface area contributed by atoms with Crippen LogP contribution >= 0.6 is 0 Å². The van der Waals surface area contributed by atoms with Crippen molar-refractivity contribution >= 4 is 24.4 Å². The third-order valence-corrected chi connectivity index (χ3v) is 1.93. The van der Waals surface area contributed by atoms with Gasteiger partial charge in [0.15, 0.2) is 0 Å². The molecule has 1 aromatic rings. The van der Waals surface area contributed by atoms with Crippen molar-refractivity contribution in [1.82, 2.24) is 5.32 Å². The van der Waals surface area contributed by atoms with E-state index in [1.165, 1.54) is 26.1 Å². The molecule has 6 heteroatoms. The van der Waals surface area contributed by atoms with Crippen LogP contribution in [0.4, 0.5) is 0 Å². The van der Waals surface area contributed by atoms with Crippen LogP contribution in [0.1, 0.15) is 19.4 Å². The first-order valence-electron chi connectivity index (χ1n) is 5.40.